The lowest BCUT2D eigenvalue weighted by Crippen LogP contribution is -2.42. The molecule has 0 spiro atoms. The van der Waals surface area contributed by atoms with E-state index in [0.717, 1.165) is 16.8 Å². The summed E-state index contributed by atoms with van der Waals surface area (Å²) >= 11 is 0. The Kier molecular flexibility index (Phi) is 5.15. The van der Waals surface area contributed by atoms with Crippen molar-refractivity contribution in [2.24, 2.45) is 7.05 Å². The summed E-state index contributed by atoms with van der Waals surface area (Å²) in [6.07, 6.45) is 2.17. The molecule has 0 saturated carbocycles. The number of nitrogens with zero attached hydrogens (tertiary/aromatic N) is 3. The maximum Gasteiger partial charge on any atom is 0.254 e. The quantitative estimate of drug-likeness (QED) is 0.840. The van der Waals surface area contributed by atoms with E-state index in [1.165, 1.54) is 4.90 Å². The van der Waals surface area contributed by atoms with Crippen molar-refractivity contribution in [3.63, 3.8) is 0 Å². The minimum Gasteiger partial charge on any atom is -0.395 e. The SMILES string of the molecule is Cc1c(-c2cccc(C(=O)N(CCO)C3CCS(=O)(=O)C3)c2)cnn1C. The molecule has 1 amide bonds. The van der Waals surface area contributed by atoms with Crippen LogP contribution in [-0.2, 0) is 16.9 Å². The highest BCUT2D eigenvalue weighted by Crippen LogP contribution is 2.25. The van der Waals surface area contributed by atoms with Gasteiger partial charge in [-0.1, -0.05) is 12.1 Å². The average Bonchev–Trinajstić information content (AvgIpc) is 3.14. The second-order valence-electron chi connectivity index (χ2n) is 6.63. The Morgan fingerprint density at radius 2 is 2.19 bits per heavy atom. The molecule has 2 aromatic rings. The number of sulfone groups is 1. The lowest BCUT2D eigenvalue weighted by Gasteiger charge is -2.27. The van der Waals surface area contributed by atoms with Crippen molar-refractivity contribution < 1.29 is 18.3 Å². The Labute approximate surface area is 153 Å². The first-order valence-corrected chi connectivity index (χ1v) is 10.4. The van der Waals surface area contributed by atoms with Crippen LogP contribution in [0.3, 0.4) is 0 Å². The van der Waals surface area contributed by atoms with Gasteiger partial charge in [-0.3, -0.25) is 9.48 Å². The molecule has 1 aromatic heterocycles. The number of rotatable bonds is 5. The van der Waals surface area contributed by atoms with Gasteiger partial charge in [-0.25, -0.2) is 8.42 Å². The van der Waals surface area contributed by atoms with E-state index in [4.69, 9.17) is 0 Å². The van der Waals surface area contributed by atoms with E-state index in [9.17, 15) is 18.3 Å². The van der Waals surface area contributed by atoms with Crippen molar-refractivity contribution in [3.05, 3.63) is 41.7 Å². The lowest BCUT2D eigenvalue weighted by molar-refractivity contribution is 0.0655. The van der Waals surface area contributed by atoms with Crippen LogP contribution in [-0.4, -0.2) is 64.8 Å². The zero-order chi connectivity index (χ0) is 18.9. The van der Waals surface area contributed by atoms with Gasteiger partial charge in [-0.15, -0.1) is 0 Å². The number of hydrogen-bond acceptors (Lipinski definition) is 5. The number of carbonyl (C=O) groups is 1. The maximum absolute atomic E-state index is 13.0. The first-order valence-electron chi connectivity index (χ1n) is 8.53. The van der Waals surface area contributed by atoms with Crippen LogP contribution >= 0.6 is 0 Å². The predicted molar refractivity (Wildman–Crippen MR) is 98.6 cm³/mol. The normalized spacial score (nSPS) is 18.8. The molecule has 0 radical (unpaired) electrons. The van der Waals surface area contributed by atoms with Crippen LogP contribution < -0.4 is 0 Å². The Morgan fingerprint density at radius 1 is 1.42 bits per heavy atom. The largest absolute Gasteiger partial charge is 0.395 e. The average molecular weight is 377 g/mol. The molecule has 1 saturated heterocycles. The molecule has 3 rings (SSSR count). The van der Waals surface area contributed by atoms with E-state index in [1.54, 1.807) is 29.1 Å². The summed E-state index contributed by atoms with van der Waals surface area (Å²) in [4.78, 5) is 14.5. The van der Waals surface area contributed by atoms with Gasteiger partial charge in [0, 0.05) is 36.5 Å². The summed E-state index contributed by atoms with van der Waals surface area (Å²) in [6, 6.07) is 6.84. The third-order valence-electron chi connectivity index (χ3n) is 4.91. The monoisotopic (exact) mass is 377 g/mol. The fraction of sp³-hybridized carbons (Fsp3) is 0.444. The molecule has 1 N–H and O–H groups in total. The predicted octanol–water partition coefficient (Wildman–Crippen LogP) is 1.02. The van der Waals surface area contributed by atoms with E-state index in [0.29, 0.717) is 12.0 Å². The van der Waals surface area contributed by atoms with Crippen molar-refractivity contribution in [2.75, 3.05) is 24.7 Å². The Balaban J connectivity index is 1.90. The number of carbonyl (C=O) groups excluding carboxylic acids is 1. The summed E-state index contributed by atoms with van der Waals surface area (Å²) in [5, 5.41) is 13.6. The molecule has 140 valence electrons. The Hall–Kier alpha value is -2.19. The summed E-state index contributed by atoms with van der Waals surface area (Å²) in [6.45, 7) is 1.87. The number of benzene rings is 1. The number of aromatic nitrogens is 2. The Morgan fingerprint density at radius 3 is 2.77 bits per heavy atom. The summed E-state index contributed by atoms with van der Waals surface area (Å²) < 4.78 is 25.3. The van der Waals surface area contributed by atoms with Gasteiger partial charge in [-0.2, -0.15) is 5.10 Å². The highest BCUT2D eigenvalue weighted by Gasteiger charge is 2.34. The van der Waals surface area contributed by atoms with E-state index >= 15 is 0 Å². The molecular formula is C18H23N3O4S. The molecule has 1 unspecified atom stereocenters. The molecular weight excluding hydrogens is 354 g/mol. The summed E-state index contributed by atoms with van der Waals surface area (Å²) in [7, 11) is -1.26. The zero-order valence-corrected chi connectivity index (χ0v) is 15.7. The molecule has 0 aliphatic carbocycles. The molecule has 7 nitrogen and oxygen atoms in total. The topological polar surface area (TPSA) is 92.5 Å². The van der Waals surface area contributed by atoms with Gasteiger partial charge < -0.3 is 10.0 Å². The smallest absolute Gasteiger partial charge is 0.254 e. The summed E-state index contributed by atoms with van der Waals surface area (Å²) in [5.41, 5.74) is 3.29. The summed E-state index contributed by atoms with van der Waals surface area (Å²) in [5.74, 6) is -0.216. The number of amides is 1. The standard InChI is InChI=1S/C18H23N3O4S/c1-13-17(11-19-20(13)2)14-4-3-5-15(10-14)18(23)21(7-8-22)16-6-9-26(24,25)12-16/h3-5,10-11,16,22H,6-9,12H2,1-2H3. The van der Waals surface area contributed by atoms with Crippen molar-refractivity contribution in [1.82, 2.24) is 14.7 Å². The molecule has 26 heavy (non-hydrogen) atoms. The van der Waals surface area contributed by atoms with E-state index < -0.39 is 9.84 Å². The van der Waals surface area contributed by atoms with E-state index in [1.807, 2.05) is 20.0 Å². The number of aryl methyl sites for hydroxylation is 1. The van der Waals surface area contributed by atoms with Gasteiger partial charge >= 0.3 is 0 Å². The zero-order valence-electron chi connectivity index (χ0n) is 14.9. The Bertz CT molecular complexity index is 920. The van der Waals surface area contributed by atoms with E-state index in [2.05, 4.69) is 5.10 Å². The van der Waals surface area contributed by atoms with E-state index in [-0.39, 0.29) is 36.6 Å². The van der Waals surface area contributed by atoms with Crippen molar-refractivity contribution in [2.45, 2.75) is 19.4 Å². The van der Waals surface area contributed by atoms with Crippen LogP contribution in [0.2, 0.25) is 0 Å². The van der Waals surface area contributed by atoms with Gasteiger partial charge in [0.1, 0.15) is 0 Å². The fourth-order valence-corrected chi connectivity index (χ4v) is 5.08. The van der Waals surface area contributed by atoms with Gasteiger partial charge in [0.25, 0.3) is 5.91 Å². The van der Waals surface area contributed by atoms with Crippen LogP contribution in [0.15, 0.2) is 30.5 Å². The molecule has 2 heterocycles. The number of hydrogen-bond donors (Lipinski definition) is 1. The highest BCUT2D eigenvalue weighted by molar-refractivity contribution is 7.91. The molecule has 1 fully saturated rings. The minimum absolute atomic E-state index is 0.0415. The first-order chi connectivity index (χ1) is 12.3. The fourth-order valence-electron chi connectivity index (χ4n) is 3.35. The van der Waals surface area contributed by atoms with Crippen molar-refractivity contribution >= 4 is 15.7 Å². The van der Waals surface area contributed by atoms with Crippen molar-refractivity contribution in [3.8, 4) is 11.1 Å². The highest BCUT2D eigenvalue weighted by atomic mass is 32.2. The van der Waals surface area contributed by atoms with Crippen LogP contribution in [0, 0.1) is 6.92 Å². The number of aliphatic hydroxyl groups is 1. The molecule has 1 aromatic carbocycles. The molecule has 1 atom stereocenters. The van der Waals surface area contributed by atoms with Crippen LogP contribution in [0.25, 0.3) is 11.1 Å². The lowest BCUT2D eigenvalue weighted by atomic mass is 10.0. The van der Waals surface area contributed by atoms with Gasteiger partial charge in [0.15, 0.2) is 9.84 Å². The first kappa shape index (κ1) is 18.6. The second kappa shape index (κ2) is 7.20. The minimum atomic E-state index is -3.12. The van der Waals surface area contributed by atoms with Gasteiger partial charge in [0.2, 0.25) is 0 Å². The molecule has 0 bridgehead atoms. The molecule has 1 aliphatic heterocycles. The van der Waals surface area contributed by atoms with Crippen LogP contribution in [0.5, 0.6) is 0 Å². The third kappa shape index (κ3) is 3.66. The van der Waals surface area contributed by atoms with Crippen molar-refractivity contribution in [1.29, 1.82) is 0 Å². The van der Waals surface area contributed by atoms with Gasteiger partial charge in [-0.05, 0) is 31.0 Å². The van der Waals surface area contributed by atoms with Gasteiger partial charge in [0.05, 0.1) is 24.3 Å². The third-order valence-corrected chi connectivity index (χ3v) is 6.66. The number of aliphatic hydroxyl groups excluding tert-OH is 1. The molecule has 1 aliphatic rings. The van der Waals surface area contributed by atoms with Crippen LogP contribution in [0.4, 0.5) is 0 Å². The maximum atomic E-state index is 13.0. The van der Waals surface area contributed by atoms with Crippen LogP contribution in [0.1, 0.15) is 22.5 Å². The molecule has 8 heteroatoms. The second-order valence-corrected chi connectivity index (χ2v) is 8.86.